The first kappa shape index (κ1) is 13.2. The number of halogens is 1. The Hall–Kier alpha value is -2.21. The molecular weight excluding hydrogens is 270 g/mol. The standard InChI is InChI=1S/C12H10ClN3O3/c1-8-11(13)6-15(14-8)7-12(17)9-2-4-10(5-3-9)16(18)19/h2-6H,7H2,1H3. The number of nitro benzene ring substituents is 1. The van der Waals surface area contributed by atoms with E-state index in [-0.39, 0.29) is 18.0 Å². The van der Waals surface area contributed by atoms with E-state index in [4.69, 9.17) is 11.6 Å². The Labute approximate surface area is 113 Å². The van der Waals surface area contributed by atoms with Crippen molar-refractivity contribution in [1.82, 2.24) is 9.78 Å². The van der Waals surface area contributed by atoms with Crippen LogP contribution in [0.5, 0.6) is 0 Å². The van der Waals surface area contributed by atoms with Gasteiger partial charge < -0.3 is 0 Å². The molecule has 0 bridgehead atoms. The number of nitro groups is 1. The van der Waals surface area contributed by atoms with Gasteiger partial charge >= 0.3 is 0 Å². The molecule has 0 aliphatic carbocycles. The van der Waals surface area contributed by atoms with Crippen LogP contribution in [0.3, 0.4) is 0 Å². The number of aryl methyl sites for hydroxylation is 1. The summed E-state index contributed by atoms with van der Waals surface area (Å²) in [6.07, 6.45) is 1.57. The van der Waals surface area contributed by atoms with Crippen LogP contribution in [0.1, 0.15) is 16.1 Å². The molecule has 0 aliphatic heterocycles. The van der Waals surface area contributed by atoms with Crippen molar-refractivity contribution in [3.8, 4) is 0 Å². The number of benzene rings is 1. The molecule has 1 aromatic heterocycles. The fraction of sp³-hybridized carbons (Fsp3) is 0.167. The van der Waals surface area contributed by atoms with Gasteiger partial charge in [0.15, 0.2) is 5.78 Å². The van der Waals surface area contributed by atoms with Crippen LogP contribution in [0.25, 0.3) is 0 Å². The molecule has 0 unspecified atom stereocenters. The third-order valence-corrected chi connectivity index (χ3v) is 2.96. The van der Waals surface area contributed by atoms with E-state index < -0.39 is 4.92 Å². The number of hydrogen-bond acceptors (Lipinski definition) is 4. The molecule has 98 valence electrons. The lowest BCUT2D eigenvalue weighted by atomic mass is 10.1. The minimum Gasteiger partial charge on any atom is -0.292 e. The third kappa shape index (κ3) is 2.97. The number of hydrogen-bond donors (Lipinski definition) is 0. The van der Waals surface area contributed by atoms with Crippen molar-refractivity contribution >= 4 is 23.1 Å². The average Bonchev–Trinajstić information content (AvgIpc) is 2.68. The van der Waals surface area contributed by atoms with E-state index in [9.17, 15) is 14.9 Å². The third-order valence-electron chi connectivity index (χ3n) is 2.59. The van der Waals surface area contributed by atoms with E-state index in [1.165, 1.54) is 28.9 Å². The van der Waals surface area contributed by atoms with E-state index >= 15 is 0 Å². The van der Waals surface area contributed by atoms with Crippen LogP contribution in [0, 0.1) is 17.0 Å². The van der Waals surface area contributed by atoms with Crippen molar-refractivity contribution in [3.63, 3.8) is 0 Å². The Bertz CT molecular complexity index is 615. The molecule has 1 aromatic carbocycles. The summed E-state index contributed by atoms with van der Waals surface area (Å²) in [5.41, 5.74) is 1.00. The van der Waals surface area contributed by atoms with Crippen molar-refractivity contribution < 1.29 is 9.72 Å². The SMILES string of the molecule is Cc1nn(CC(=O)c2ccc([N+](=O)[O-])cc2)cc1Cl. The molecule has 0 radical (unpaired) electrons. The van der Waals surface area contributed by atoms with E-state index in [1.807, 2.05) is 0 Å². The largest absolute Gasteiger partial charge is 0.292 e. The molecule has 0 spiro atoms. The van der Waals surface area contributed by atoms with Gasteiger partial charge in [0.2, 0.25) is 0 Å². The van der Waals surface area contributed by atoms with Crippen molar-refractivity contribution in [3.05, 3.63) is 56.9 Å². The summed E-state index contributed by atoms with van der Waals surface area (Å²) in [6, 6.07) is 5.46. The molecule has 19 heavy (non-hydrogen) atoms. The smallest absolute Gasteiger partial charge is 0.269 e. The quantitative estimate of drug-likeness (QED) is 0.490. The predicted octanol–water partition coefficient (Wildman–Crippen LogP) is 2.64. The van der Waals surface area contributed by atoms with Crippen molar-refractivity contribution in [1.29, 1.82) is 0 Å². The summed E-state index contributed by atoms with van der Waals surface area (Å²) < 4.78 is 1.45. The molecule has 0 saturated heterocycles. The van der Waals surface area contributed by atoms with E-state index in [0.717, 1.165) is 0 Å². The number of carbonyl (C=O) groups excluding carboxylic acids is 1. The van der Waals surface area contributed by atoms with Gasteiger partial charge in [0.25, 0.3) is 5.69 Å². The molecule has 0 saturated carbocycles. The van der Waals surface area contributed by atoms with Crippen LogP contribution in [-0.2, 0) is 6.54 Å². The summed E-state index contributed by atoms with van der Waals surface area (Å²) in [5, 5.41) is 15.1. The number of rotatable bonds is 4. The fourth-order valence-corrected chi connectivity index (χ4v) is 1.73. The second kappa shape index (κ2) is 5.19. The first-order chi connectivity index (χ1) is 8.97. The maximum atomic E-state index is 11.9. The average molecular weight is 280 g/mol. The second-order valence-electron chi connectivity index (χ2n) is 3.99. The van der Waals surface area contributed by atoms with Gasteiger partial charge in [-0.25, -0.2) is 0 Å². The lowest BCUT2D eigenvalue weighted by molar-refractivity contribution is -0.384. The van der Waals surface area contributed by atoms with Gasteiger partial charge in [-0.3, -0.25) is 19.6 Å². The first-order valence-electron chi connectivity index (χ1n) is 5.44. The molecule has 6 nitrogen and oxygen atoms in total. The number of nitrogens with zero attached hydrogens (tertiary/aromatic N) is 3. The van der Waals surface area contributed by atoms with Crippen molar-refractivity contribution in [2.24, 2.45) is 0 Å². The normalized spacial score (nSPS) is 10.4. The zero-order chi connectivity index (χ0) is 14.0. The van der Waals surface area contributed by atoms with Crippen LogP contribution < -0.4 is 0 Å². The Balaban J connectivity index is 2.13. The molecule has 0 aliphatic rings. The maximum absolute atomic E-state index is 11.9. The minimum atomic E-state index is -0.509. The van der Waals surface area contributed by atoms with Gasteiger partial charge in [-0.1, -0.05) is 11.6 Å². The van der Waals surface area contributed by atoms with E-state index in [2.05, 4.69) is 5.10 Å². The molecule has 1 heterocycles. The monoisotopic (exact) mass is 279 g/mol. The Morgan fingerprint density at radius 2 is 2.05 bits per heavy atom. The highest BCUT2D eigenvalue weighted by Crippen LogP contribution is 2.15. The predicted molar refractivity (Wildman–Crippen MR) is 69.4 cm³/mol. The highest BCUT2D eigenvalue weighted by Gasteiger charge is 2.11. The van der Waals surface area contributed by atoms with Crippen molar-refractivity contribution in [2.75, 3.05) is 0 Å². The summed E-state index contributed by atoms with van der Waals surface area (Å²) >= 11 is 5.84. The summed E-state index contributed by atoms with van der Waals surface area (Å²) in [7, 11) is 0. The Morgan fingerprint density at radius 1 is 1.42 bits per heavy atom. The van der Waals surface area contributed by atoms with Gasteiger partial charge in [-0.2, -0.15) is 5.10 Å². The maximum Gasteiger partial charge on any atom is 0.269 e. The van der Waals surface area contributed by atoms with Crippen LogP contribution >= 0.6 is 11.6 Å². The van der Waals surface area contributed by atoms with Crippen LogP contribution in [-0.4, -0.2) is 20.5 Å². The first-order valence-corrected chi connectivity index (χ1v) is 5.82. The van der Waals surface area contributed by atoms with Gasteiger partial charge in [-0.15, -0.1) is 0 Å². The number of non-ortho nitro benzene ring substituents is 1. The molecule has 0 N–H and O–H groups in total. The lowest BCUT2D eigenvalue weighted by Crippen LogP contribution is -2.11. The summed E-state index contributed by atoms with van der Waals surface area (Å²) in [4.78, 5) is 21.9. The second-order valence-corrected chi connectivity index (χ2v) is 4.39. The molecule has 2 aromatic rings. The topological polar surface area (TPSA) is 78.0 Å². The zero-order valence-corrected chi connectivity index (χ0v) is 10.8. The number of ketones is 1. The van der Waals surface area contributed by atoms with Gasteiger partial charge in [0, 0.05) is 23.9 Å². The van der Waals surface area contributed by atoms with Crippen LogP contribution in [0.15, 0.2) is 30.5 Å². The van der Waals surface area contributed by atoms with E-state index in [0.29, 0.717) is 16.3 Å². The Kier molecular flexibility index (Phi) is 3.62. The van der Waals surface area contributed by atoms with Crippen LogP contribution in [0.2, 0.25) is 5.02 Å². The van der Waals surface area contributed by atoms with Gasteiger partial charge in [0.05, 0.1) is 15.6 Å². The number of carbonyl (C=O) groups is 1. The molecule has 2 rings (SSSR count). The lowest BCUT2D eigenvalue weighted by Gasteiger charge is -2.01. The minimum absolute atomic E-state index is 0.0467. The van der Waals surface area contributed by atoms with Crippen LogP contribution in [0.4, 0.5) is 5.69 Å². The number of Topliss-reactive ketones (excluding diaryl/α,β-unsaturated/α-hetero) is 1. The molecular formula is C12H10ClN3O3. The summed E-state index contributed by atoms with van der Waals surface area (Å²) in [6.45, 7) is 1.79. The molecule has 0 atom stereocenters. The highest BCUT2D eigenvalue weighted by molar-refractivity contribution is 6.31. The molecule has 7 heteroatoms. The zero-order valence-electron chi connectivity index (χ0n) is 10.0. The molecule has 0 fully saturated rings. The fourth-order valence-electron chi connectivity index (χ4n) is 1.58. The van der Waals surface area contributed by atoms with Gasteiger partial charge in [0.1, 0.15) is 6.54 Å². The van der Waals surface area contributed by atoms with Crippen molar-refractivity contribution in [2.45, 2.75) is 13.5 Å². The summed E-state index contributed by atoms with van der Waals surface area (Å²) in [5.74, 6) is -0.186. The number of aromatic nitrogens is 2. The molecule has 0 amide bonds. The van der Waals surface area contributed by atoms with Gasteiger partial charge in [-0.05, 0) is 19.1 Å². The van der Waals surface area contributed by atoms with E-state index in [1.54, 1.807) is 13.1 Å². The Morgan fingerprint density at radius 3 is 2.53 bits per heavy atom. The highest BCUT2D eigenvalue weighted by atomic mass is 35.5.